The molecule has 2 aliphatic rings. The van der Waals surface area contributed by atoms with Gasteiger partial charge in [-0.2, -0.15) is 0 Å². The van der Waals surface area contributed by atoms with Gasteiger partial charge in [0.2, 0.25) is 0 Å². The monoisotopic (exact) mass is 200 g/mol. The molecule has 0 unspecified atom stereocenters. The van der Waals surface area contributed by atoms with Crippen LogP contribution in [-0.4, -0.2) is 0 Å². The topological polar surface area (TPSA) is 0 Å². The van der Waals surface area contributed by atoms with Gasteiger partial charge in [-0.3, -0.25) is 0 Å². The van der Waals surface area contributed by atoms with Crippen LogP contribution in [0.1, 0.15) is 91.9 Å². The summed E-state index contributed by atoms with van der Waals surface area (Å²) in [5.41, 5.74) is 0. The zero-order chi connectivity index (χ0) is 11.1. The summed E-state index contributed by atoms with van der Waals surface area (Å²) in [4.78, 5) is 0. The van der Waals surface area contributed by atoms with E-state index < -0.39 is 0 Å². The first-order valence-electron chi connectivity index (χ1n) is 6.91. The summed E-state index contributed by atoms with van der Waals surface area (Å²) in [5.74, 6) is 0. The molecular formula is C14H32. The molecule has 0 radical (unpaired) electrons. The molecule has 0 aromatic heterocycles. The van der Waals surface area contributed by atoms with Gasteiger partial charge in [0.1, 0.15) is 0 Å². The number of hydrogen-bond acceptors (Lipinski definition) is 0. The fourth-order valence-corrected chi connectivity index (χ4v) is 0.500. The van der Waals surface area contributed by atoms with Crippen LogP contribution in [0.25, 0.3) is 0 Å². The molecule has 2 fully saturated rings. The van der Waals surface area contributed by atoms with Crippen molar-refractivity contribution in [3.8, 4) is 0 Å². The van der Waals surface area contributed by atoms with Gasteiger partial charge in [0.05, 0.1) is 0 Å². The Morgan fingerprint density at radius 1 is 0.500 bits per heavy atom. The van der Waals surface area contributed by atoms with E-state index in [9.17, 15) is 0 Å². The Morgan fingerprint density at radius 3 is 0.643 bits per heavy atom. The predicted octanol–water partition coefficient (Wildman–Crippen LogP) is 5.95. The Kier molecular flexibility index (Phi) is 22.0. The fourth-order valence-electron chi connectivity index (χ4n) is 0.500. The van der Waals surface area contributed by atoms with E-state index in [0.29, 0.717) is 0 Å². The highest BCUT2D eigenvalue weighted by atomic mass is 14.0. The summed E-state index contributed by atoms with van der Waals surface area (Å²) in [7, 11) is 0. The summed E-state index contributed by atoms with van der Waals surface area (Å²) in [6.07, 6.45) is 14.6. The standard InChI is InChI=1S/2C4H8.C4H10.C2H6/c2*1-2-4-3-1;1-3-4-2;1-2/h2*1-4H2;3-4H2,1-2H3;1-2H3. The molecule has 0 bridgehead atoms. The third-order valence-corrected chi connectivity index (χ3v) is 2.50. The van der Waals surface area contributed by atoms with Crippen LogP contribution in [-0.2, 0) is 0 Å². The summed E-state index contributed by atoms with van der Waals surface area (Å²) in [6, 6.07) is 0. The first-order chi connectivity index (χ1) is 6.91. The van der Waals surface area contributed by atoms with E-state index >= 15 is 0 Å². The van der Waals surface area contributed by atoms with Crippen LogP contribution in [0, 0.1) is 0 Å². The van der Waals surface area contributed by atoms with Crippen LogP contribution in [0.2, 0.25) is 0 Å². The smallest absolute Gasteiger partial charge is 0.0533 e. The summed E-state index contributed by atoms with van der Waals surface area (Å²) >= 11 is 0. The van der Waals surface area contributed by atoms with Crippen molar-refractivity contribution >= 4 is 0 Å². The van der Waals surface area contributed by atoms with Crippen LogP contribution < -0.4 is 0 Å². The van der Waals surface area contributed by atoms with Crippen LogP contribution in [0.15, 0.2) is 0 Å². The van der Waals surface area contributed by atoms with Crippen molar-refractivity contribution in [1.29, 1.82) is 0 Å². The van der Waals surface area contributed by atoms with Gasteiger partial charge < -0.3 is 0 Å². The molecule has 2 saturated carbocycles. The third-order valence-electron chi connectivity index (χ3n) is 2.50. The number of hydrogen-bond donors (Lipinski definition) is 0. The van der Waals surface area contributed by atoms with Crippen LogP contribution in [0.3, 0.4) is 0 Å². The molecule has 0 aromatic rings. The molecule has 0 amide bonds. The SMILES string of the molecule is C1CCC1.C1CCC1.CC.CCCC. The molecule has 0 atom stereocenters. The van der Waals surface area contributed by atoms with E-state index in [1.54, 1.807) is 0 Å². The largest absolute Gasteiger partial charge is 0.0683 e. The Bertz CT molecular complexity index is 40.4. The van der Waals surface area contributed by atoms with Crippen molar-refractivity contribution in [2.24, 2.45) is 0 Å². The Labute approximate surface area is 92.5 Å². The van der Waals surface area contributed by atoms with Crippen molar-refractivity contribution in [1.82, 2.24) is 0 Å². The predicted molar refractivity (Wildman–Crippen MR) is 68.9 cm³/mol. The van der Waals surface area contributed by atoms with Crippen LogP contribution in [0.4, 0.5) is 0 Å². The molecule has 0 saturated heterocycles. The van der Waals surface area contributed by atoms with E-state index in [2.05, 4.69) is 13.8 Å². The maximum Gasteiger partial charge on any atom is -0.0533 e. The van der Waals surface area contributed by atoms with Crippen LogP contribution >= 0.6 is 0 Å². The van der Waals surface area contributed by atoms with Gasteiger partial charge in [-0.1, -0.05) is 91.9 Å². The van der Waals surface area contributed by atoms with E-state index in [-0.39, 0.29) is 0 Å². The molecule has 0 aliphatic heterocycles. The average Bonchev–Trinajstić information content (AvgIpc) is 2.01. The quantitative estimate of drug-likeness (QED) is 0.490. The molecule has 0 heterocycles. The van der Waals surface area contributed by atoms with E-state index in [4.69, 9.17) is 0 Å². The zero-order valence-corrected chi connectivity index (χ0v) is 11.1. The molecule has 0 nitrogen and oxygen atoms in total. The van der Waals surface area contributed by atoms with Gasteiger partial charge in [0, 0.05) is 0 Å². The molecule has 88 valence electrons. The van der Waals surface area contributed by atoms with E-state index in [0.717, 1.165) is 0 Å². The van der Waals surface area contributed by atoms with Crippen molar-refractivity contribution in [3.63, 3.8) is 0 Å². The molecule has 2 rings (SSSR count). The minimum absolute atomic E-state index is 1.32. The van der Waals surface area contributed by atoms with Gasteiger partial charge in [0.25, 0.3) is 0 Å². The molecule has 0 aromatic carbocycles. The first-order valence-corrected chi connectivity index (χ1v) is 6.91. The summed E-state index contributed by atoms with van der Waals surface area (Å²) in [6.45, 7) is 8.36. The van der Waals surface area contributed by atoms with Crippen molar-refractivity contribution < 1.29 is 0 Å². The molecule has 0 spiro atoms. The summed E-state index contributed by atoms with van der Waals surface area (Å²) in [5, 5.41) is 0. The molecular weight excluding hydrogens is 168 g/mol. The lowest BCUT2D eigenvalue weighted by molar-refractivity contribution is 0.504. The summed E-state index contributed by atoms with van der Waals surface area (Å²) < 4.78 is 0. The second kappa shape index (κ2) is 18.7. The van der Waals surface area contributed by atoms with Gasteiger partial charge in [-0.15, -0.1) is 0 Å². The molecule has 14 heavy (non-hydrogen) atoms. The molecule has 0 N–H and O–H groups in total. The number of unbranched alkanes of at least 4 members (excludes halogenated alkanes) is 1. The van der Waals surface area contributed by atoms with Gasteiger partial charge >= 0.3 is 0 Å². The van der Waals surface area contributed by atoms with Crippen LogP contribution in [0.5, 0.6) is 0 Å². The Hall–Kier alpha value is 0. The zero-order valence-electron chi connectivity index (χ0n) is 11.1. The first kappa shape index (κ1) is 16.4. The number of rotatable bonds is 1. The average molecular weight is 200 g/mol. The lowest BCUT2D eigenvalue weighted by atomic mass is 10.0. The minimum Gasteiger partial charge on any atom is -0.0683 e. The maximum absolute atomic E-state index is 2.18. The fraction of sp³-hybridized carbons (Fsp3) is 1.00. The molecule has 2 aliphatic carbocycles. The lowest BCUT2D eigenvalue weighted by Crippen LogP contribution is -1.85. The Balaban J connectivity index is 0. The lowest BCUT2D eigenvalue weighted by Gasteiger charge is -2.05. The Morgan fingerprint density at radius 2 is 0.643 bits per heavy atom. The molecule has 0 heteroatoms. The van der Waals surface area contributed by atoms with E-state index in [1.165, 1.54) is 64.2 Å². The normalized spacial score (nSPS) is 16.3. The van der Waals surface area contributed by atoms with Crippen molar-refractivity contribution in [2.75, 3.05) is 0 Å². The minimum atomic E-state index is 1.32. The van der Waals surface area contributed by atoms with Gasteiger partial charge in [0.15, 0.2) is 0 Å². The second-order valence-electron chi connectivity index (χ2n) is 3.83. The highest BCUT2D eigenvalue weighted by Gasteiger charge is 1.95. The van der Waals surface area contributed by atoms with Gasteiger partial charge in [-0.05, 0) is 0 Å². The van der Waals surface area contributed by atoms with Gasteiger partial charge in [-0.25, -0.2) is 0 Å². The van der Waals surface area contributed by atoms with Crippen molar-refractivity contribution in [2.45, 2.75) is 91.9 Å². The second-order valence-corrected chi connectivity index (χ2v) is 3.83. The van der Waals surface area contributed by atoms with E-state index in [1.807, 2.05) is 13.8 Å². The third kappa shape index (κ3) is 17.9. The van der Waals surface area contributed by atoms with Crippen molar-refractivity contribution in [3.05, 3.63) is 0 Å². The highest BCUT2D eigenvalue weighted by molar-refractivity contribution is 4.51. The maximum atomic E-state index is 2.18. The highest BCUT2D eigenvalue weighted by Crippen LogP contribution is 2.15.